The number of unbranched alkanes of at least 4 members (excludes halogenated alkanes) is 30. The van der Waals surface area contributed by atoms with Gasteiger partial charge in [-0.05, 0) is 89.9 Å². The second-order valence-electron chi connectivity index (χ2n) is 19.5. The van der Waals surface area contributed by atoms with E-state index in [-0.39, 0.29) is 31.1 Å². The van der Waals surface area contributed by atoms with E-state index in [1.54, 1.807) is 0 Å². The van der Waals surface area contributed by atoms with Crippen molar-refractivity contribution in [2.45, 2.75) is 297 Å². The second kappa shape index (κ2) is 57.4. The zero-order valence-corrected chi connectivity index (χ0v) is 45.6. The first-order valence-corrected chi connectivity index (χ1v) is 29.4. The quantitative estimate of drug-likeness (QED) is 0.0262. The van der Waals surface area contributed by atoms with Crippen LogP contribution in [0.4, 0.5) is 0 Å². The Morgan fingerprint density at radius 3 is 0.913 bits per heavy atom. The Hall–Kier alpha value is -3.15. The number of carbonyl (C=O) groups is 3. The number of hydrogen-bond donors (Lipinski definition) is 0. The van der Waals surface area contributed by atoms with Crippen LogP contribution in [0.2, 0.25) is 0 Å². The van der Waals surface area contributed by atoms with Crippen molar-refractivity contribution in [1.29, 1.82) is 0 Å². The molecule has 0 rings (SSSR count). The molecule has 0 aliphatic rings. The lowest BCUT2D eigenvalue weighted by atomic mass is 10.0. The van der Waals surface area contributed by atoms with E-state index in [4.69, 9.17) is 14.2 Å². The van der Waals surface area contributed by atoms with Crippen LogP contribution >= 0.6 is 0 Å². The molecule has 0 aromatic rings. The Labute approximate surface area is 427 Å². The molecule has 0 aromatic carbocycles. The first-order chi connectivity index (χ1) is 34.0. The van der Waals surface area contributed by atoms with Crippen LogP contribution in [0.1, 0.15) is 290 Å². The maximum atomic E-state index is 12.9. The molecule has 6 nitrogen and oxygen atoms in total. The zero-order chi connectivity index (χ0) is 50.0. The van der Waals surface area contributed by atoms with Crippen LogP contribution in [0.3, 0.4) is 0 Å². The molecule has 0 saturated heterocycles. The van der Waals surface area contributed by atoms with Crippen LogP contribution < -0.4 is 0 Å². The molecule has 398 valence electrons. The molecule has 1 unspecified atom stereocenters. The number of ether oxygens (including phenoxy) is 3. The van der Waals surface area contributed by atoms with Crippen LogP contribution in [0.25, 0.3) is 0 Å². The third-order valence-electron chi connectivity index (χ3n) is 12.7. The summed E-state index contributed by atoms with van der Waals surface area (Å²) in [4.78, 5) is 38.2. The fourth-order valence-corrected chi connectivity index (χ4v) is 8.29. The fraction of sp³-hybridized carbons (Fsp3) is 0.762. The molecule has 69 heavy (non-hydrogen) atoms. The molecule has 0 heterocycles. The zero-order valence-electron chi connectivity index (χ0n) is 45.6. The van der Waals surface area contributed by atoms with Gasteiger partial charge in [0, 0.05) is 19.3 Å². The van der Waals surface area contributed by atoms with Crippen molar-refractivity contribution in [3.63, 3.8) is 0 Å². The predicted molar refractivity (Wildman–Crippen MR) is 298 cm³/mol. The van der Waals surface area contributed by atoms with Crippen LogP contribution in [-0.2, 0) is 28.6 Å². The Morgan fingerprint density at radius 2 is 0.565 bits per heavy atom. The van der Waals surface area contributed by atoms with E-state index < -0.39 is 6.10 Å². The second-order valence-corrected chi connectivity index (χ2v) is 19.5. The van der Waals surface area contributed by atoms with Gasteiger partial charge in [0.25, 0.3) is 0 Å². The molecule has 0 amide bonds. The van der Waals surface area contributed by atoms with Crippen LogP contribution in [-0.4, -0.2) is 37.2 Å². The number of carbonyl (C=O) groups excluding carboxylic acids is 3. The smallest absolute Gasteiger partial charge is 0.306 e. The molecule has 0 spiro atoms. The lowest BCUT2D eigenvalue weighted by Crippen LogP contribution is -2.30. The van der Waals surface area contributed by atoms with Crippen LogP contribution in [0.5, 0.6) is 0 Å². The summed E-state index contributed by atoms with van der Waals surface area (Å²) in [5.74, 6) is -0.913. The monoisotopic (exact) mass is 963 g/mol. The Kier molecular flexibility index (Phi) is 54.8. The largest absolute Gasteiger partial charge is 0.462 e. The lowest BCUT2D eigenvalue weighted by molar-refractivity contribution is -0.167. The van der Waals surface area contributed by atoms with Gasteiger partial charge in [0.15, 0.2) is 6.10 Å². The van der Waals surface area contributed by atoms with E-state index in [9.17, 15) is 14.4 Å². The summed E-state index contributed by atoms with van der Waals surface area (Å²) in [7, 11) is 0. The molecule has 0 fully saturated rings. The van der Waals surface area contributed by atoms with Gasteiger partial charge in [-0.25, -0.2) is 0 Å². The summed E-state index contributed by atoms with van der Waals surface area (Å²) >= 11 is 0. The summed E-state index contributed by atoms with van der Waals surface area (Å²) < 4.78 is 16.9. The summed E-state index contributed by atoms with van der Waals surface area (Å²) in [6.07, 6.45) is 73.2. The molecule has 0 bridgehead atoms. The number of rotatable bonds is 53. The van der Waals surface area contributed by atoms with E-state index in [1.807, 2.05) is 0 Å². The lowest BCUT2D eigenvalue weighted by Gasteiger charge is -2.18. The molecular weight excluding hydrogens is 853 g/mol. The van der Waals surface area contributed by atoms with Gasteiger partial charge in [-0.15, -0.1) is 0 Å². The Balaban J connectivity index is 4.42. The maximum Gasteiger partial charge on any atom is 0.306 e. The van der Waals surface area contributed by atoms with Gasteiger partial charge >= 0.3 is 17.9 Å². The summed E-state index contributed by atoms with van der Waals surface area (Å²) in [5.41, 5.74) is 0. The van der Waals surface area contributed by atoms with Crippen LogP contribution in [0.15, 0.2) is 72.9 Å². The standard InChI is InChI=1S/C63H110O6/c1-4-7-10-13-16-19-22-25-27-29-31-33-35-38-41-44-47-50-53-56-62(65)68-59-60(58-67-61(64)55-52-49-46-43-40-37-24-21-18-15-12-9-6-3)69-63(66)57-54-51-48-45-42-39-36-34-32-30-28-26-23-20-17-14-11-8-5-2/h7,10,16,19,25,27,30-33,38,41,60H,4-6,8-9,11-15,17-18,20-24,26,28-29,34-37,39-40,42-59H2,1-3H3/b10-7-,19-16-,27-25-,32-30-,33-31-,41-38-. The molecule has 0 aliphatic heterocycles. The average Bonchev–Trinajstić information content (AvgIpc) is 3.35. The molecule has 0 radical (unpaired) electrons. The minimum Gasteiger partial charge on any atom is -0.462 e. The van der Waals surface area contributed by atoms with Gasteiger partial charge in [-0.3, -0.25) is 14.4 Å². The molecule has 0 N–H and O–H groups in total. The Morgan fingerprint density at radius 1 is 0.304 bits per heavy atom. The molecule has 0 saturated carbocycles. The van der Waals surface area contributed by atoms with Gasteiger partial charge in [-0.2, -0.15) is 0 Å². The highest BCUT2D eigenvalue weighted by Gasteiger charge is 2.19. The van der Waals surface area contributed by atoms with Gasteiger partial charge in [0.1, 0.15) is 13.2 Å². The van der Waals surface area contributed by atoms with Crippen molar-refractivity contribution in [2.75, 3.05) is 13.2 Å². The van der Waals surface area contributed by atoms with Crippen molar-refractivity contribution >= 4 is 17.9 Å². The first-order valence-electron chi connectivity index (χ1n) is 29.4. The predicted octanol–water partition coefficient (Wildman–Crippen LogP) is 19.8. The highest BCUT2D eigenvalue weighted by Crippen LogP contribution is 2.16. The van der Waals surface area contributed by atoms with Crippen molar-refractivity contribution in [3.8, 4) is 0 Å². The van der Waals surface area contributed by atoms with Crippen molar-refractivity contribution in [1.82, 2.24) is 0 Å². The van der Waals surface area contributed by atoms with Gasteiger partial charge < -0.3 is 14.2 Å². The van der Waals surface area contributed by atoms with Crippen LogP contribution in [0, 0.1) is 0 Å². The summed E-state index contributed by atoms with van der Waals surface area (Å²) in [5, 5.41) is 0. The summed E-state index contributed by atoms with van der Waals surface area (Å²) in [6, 6.07) is 0. The fourth-order valence-electron chi connectivity index (χ4n) is 8.29. The van der Waals surface area contributed by atoms with Crippen molar-refractivity contribution < 1.29 is 28.6 Å². The molecule has 6 heteroatoms. The highest BCUT2D eigenvalue weighted by molar-refractivity contribution is 5.71. The minimum atomic E-state index is -0.790. The summed E-state index contributed by atoms with van der Waals surface area (Å²) in [6.45, 7) is 6.52. The van der Waals surface area contributed by atoms with Gasteiger partial charge in [0.2, 0.25) is 0 Å². The third kappa shape index (κ3) is 55.6. The minimum absolute atomic E-state index is 0.0854. The van der Waals surface area contributed by atoms with E-state index in [0.717, 1.165) is 96.3 Å². The maximum absolute atomic E-state index is 12.9. The first kappa shape index (κ1) is 65.8. The van der Waals surface area contributed by atoms with E-state index in [1.165, 1.54) is 154 Å². The average molecular weight is 964 g/mol. The van der Waals surface area contributed by atoms with E-state index in [0.29, 0.717) is 19.3 Å². The van der Waals surface area contributed by atoms with E-state index in [2.05, 4.69) is 93.7 Å². The van der Waals surface area contributed by atoms with Gasteiger partial charge in [-0.1, -0.05) is 254 Å². The number of hydrogen-bond acceptors (Lipinski definition) is 6. The Bertz CT molecular complexity index is 1290. The SMILES string of the molecule is CC/C=C\C/C=C\C/C=C\C/C=C\C/C=C\CCCCCC(=O)OCC(COC(=O)CCCCCCCCCCCCCCC)OC(=O)CCCCCCCCC/C=C\CCCCCCCCCC. The van der Waals surface area contributed by atoms with Crippen molar-refractivity contribution in [2.24, 2.45) is 0 Å². The topological polar surface area (TPSA) is 78.9 Å². The van der Waals surface area contributed by atoms with Gasteiger partial charge in [0.05, 0.1) is 0 Å². The molecule has 0 aromatic heterocycles. The third-order valence-corrected chi connectivity index (χ3v) is 12.7. The molecular formula is C63H110O6. The molecule has 0 aliphatic carbocycles. The molecule has 1 atom stereocenters. The number of esters is 3. The van der Waals surface area contributed by atoms with E-state index >= 15 is 0 Å². The van der Waals surface area contributed by atoms with Crippen molar-refractivity contribution in [3.05, 3.63) is 72.9 Å². The highest BCUT2D eigenvalue weighted by atomic mass is 16.6. The normalized spacial score (nSPS) is 12.6. The number of allylic oxidation sites excluding steroid dienone is 12.